The molecule has 3 aliphatic rings. The van der Waals surface area contributed by atoms with Crippen molar-refractivity contribution in [1.82, 2.24) is 4.90 Å². The first-order valence-corrected chi connectivity index (χ1v) is 11.3. The first kappa shape index (κ1) is 22.8. The molecule has 0 spiro atoms. The van der Waals surface area contributed by atoms with E-state index in [2.05, 4.69) is 0 Å². The van der Waals surface area contributed by atoms with Gasteiger partial charge < -0.3 is 34.8 Å². The van der Waals surface area contributed by atoms with Crippen LogP contribution in [0.25, 0.3) is 0 Å². The van der Waals surface area contributed by atoms with E-state index in [4.69, 9.17) is 21.1 Å². The number of halogens is 1. The van der Waals surface area contributed by atoms with Crippen molar-refractivity contribution in [2.24, 2.45) is 0 Å². The van der Waals surface area contributed by atoms with Gasteiger partial charge in [0.15, 0.2) is 0 Å². The third kappa shape index (κ3) is 4.69. The Morgan fingerprint density at radius 2 is 1.84 bits per heavy atom. The number of hydrogen-bond donors (Lipinski definition) is 4. The van der Waals surface area contributed by atoms with Gasteiger partial charge in [0.25, 0.3) is 0 Å². The minimum atomic E-state index is -1.44. The Balaban J connectivity index is 1.42. The van der Waals surface area contributed by atoms with Crippen molar-refractivity contribution in [3.63, 3.8) is 0 Å². The molecule has 9 heteroatoms. The maximum absolute atomic E-state index is 12.0. The summed E-state index contributed by atoms with van der Waals surface area (Å²) < 4.78 is 11.8. The number of benzene rings is 1. The first-order valence-electron chi connectivity index (χ1n) is 10.9. The summed E-state index contributed by atoms with van der Waals surface area (Å²) in [7, 11) is 0. The fraction of sp³-hybridized carbons (Fsp3) is 0.682. The van der Waals surface area contributed by atoms with Crippen molar-refractivity contribution >= 4 is 17.5 Å². The van der Waals surface area contributed by atoms with Crippen LogP contribution in [0.4, 0.5) is 0 Å². The average molecular weight is 456 g/mol. The third-order valence-electron chi connectivity index (χ3n) is 6.66. The number of nitrogens with zero attached hydrogens (tertiary/aromatic N) is 1. The number of hydrogen-bond acceptors (Lipinski definition) is 7. The van der Waals surface area contributed by atoms with Crippen molar-refractivity contribution < 1.29 is 34.7 Å². The van der Waals surface area contributed by atoms with Gasteiger partial charge >= 0.3 is 0 Å². The number of rotatable bonds is 5. The Morgan fingerprint density at radius 3 is 2.48 bits per heavy atom. The van der Waals surface area contributed by atoms with E-state index in [1.807, 2.05) is 4.90 Å². The Bertz CT molecular complexity index is 783. The molecule has 172 valence electrons. The van der Waals surface area contributed by atoms with Crippen molar-refractivity contribution in [2.75, 3.05) is 13.2 Å². The lowest BCUT2D eigenvalue weighted by Gasteiger charge is -2.40. The molecular formula is C22H30ClNO7. The summed E-state index contributed by atoms with van der Waals surface area (Å²) in [6.45, 7) is 0.364. The highest BCUT2D eigenvalue weighted by Crippen LogP contribution is 2.37. The van der Waals surface area contributed by atoms with E-state index in [1.165, 1.54) is 0 Å². The summed E-state index contributed by atoms with van der Waals surface area (Å²) in [5.41, 5.74) is 0.535. The molecule has 1 saturated carbocycles. The van der Waals surface area contributed by atoms with Crippen LogP contribution in [-0.2, 0) is 9.53 Å². The Hall–Kier alpha value is -1.42. The quantitative estimate of drug-likeness (QED) is 0.526. The van der Waals surface area contributed by atoms with Gasteiger partial charge in [-0.15, -0.1) is 0 Å². The highest BCUT2D eigenvalue weighted by atomic mass is 35.5. The molecule has 1 amide bonds. The number of aliphatic hydroxyl groups is 4. The van der Waals surface area contributed by atoms with Crippen LogP contribution < -0.4 is 4.74 Å². The highest BCUT2D eigenvalue weighted by Gasteiger charge is 2.44. The number of amides is 1. The fourth-order valence-electron chi connectivity index (χ4n) is 4.87. The molecule has 3 fully saturated rings. The topological polar surface area (TPSA) is 120 Å². The van der Waals surface area contributed by atoms with E-state index in [-0.39, 0.29) is 18.1 Å². The predicted octanol–water partition coefficient (Wildman–Crippen LogP) is 1.17. The van der Waals surface area contributed by atoms with Gasteiger partial charge in [0.1, 0.15) is 36.3 Å². The predicted molar refractivity (Wildman–Crippen MR) is 112 cm³/mol. The maximum atomic E-state index is 12.0. The lowest BCUT2D eigenvalue weighted by atomic mass is 9.91. The number of carbonyl (C=O) groups excluding carboxylic acids is 1. The minimum Gasteiger partial charge on any atom is -0.489 e. The monoisotopic (exact) mass is 455 g/mol. The molecule has 31 heavy (non-hydrogen) atoms. The summed E-state index contributed by atoms with van der Waals surface area (Å²) in [5.74, 6) is 0.705. The number of aliphatic hydroxyl groups excluding tert-OH is 4. The zero-order valence-corrected chi connectivity index (χ0v) is 18.0. The van der Waals surface area contributed by atoms with Crippen LogP contribution in [0.5, 0.6) is 5.75 Å². The van der Waals surface area contributed by atoms with Gasteiger partial charge in [-0.05, 0) is 49.8 Å². The van der Waals surface area contributed by atoms with E-state index in [9.17, 15) is 25.2 Å². The van der Waals surface area contributed by atoms with Gasteiger partial charge in [0.2, 0.25) is 5.91 Å². The van der Waals surface area contributed by atoms with Crippen molar-refractivity contribution in [3.8, 4) is 5.75 Å². The zero-order chi connectivity index (χ0) is 22.1. The smallest absolute Gasteiger partial charge is 0.222 e. The summed E-state index contributed by atoms with van der Waals surface area (Å²) >= 11 is 6.34. The molecule has 2 saturated heterocycles. The van der Waals surface area contributed by atoms with Crippen LogP contribution in [0, 0.1) is 0 Å². The molecule has 0 bridgehead atoms. The summed E-state index contributed by atoms with van der Waals surface area (Å²) in [5, 5.41) is 40.3. The van der Waals surface area contributed by atoms with Gasteiger partial charge in [0, 0.05) is 19.0 Å². The second kappa shape index (κ2) is 9.60. The molecule has 1 aromatic rings. The largest absolute Gasteiger partial charge is 0.489 e. The molecule has 2 aliphatic heterocycles. The van der Waals surface area contributed by atoms with Crippen molar-refractivity contribution in [3.05, 3.63) is 28.8 Å². The van der Waals surface area contributed by atoms with Crippen molar-refractivity contribution in [1.29, 1.82) is 0 Å². The van der Waals surface area contributed by atoms with Crippen LogP contribution in [-0.4, -0.2) is 80.9 Å². The minimum absolute atomic E-state index is 0.0310. The Kier molecular flexibility index (Phi) is 7.05. The van der Waals surface area contributed by atoms with Crippen LogP contribution in [0.1, 0.15) is 50.2 Å². The molecule has 2 heterocycles. The highest BCUT2D eigenvalue weighted by molar-refractivity contribution is 6.32. The molecule has 8 nitrogen and oxygen atoms in total. The SMILES string of the molecule is O=C1CCCN1C1CCC(Oc2cc([C@@H]3O[C@H](CO)[C@@H](O)[C@H](O)[C@H]3O)ccc2Cl)CC1. The Labute approximate surface area is 186 Å². The standard InChI is InChI=1S/C22H30ClNO7/c23-15-8-3-12(22-21(29)20(28)19(27)17(11-25)31-22)10-16(15)30-14-6-4-13(5-7-14)24-9-1-2-18(24)26/h3,8,10,13-14,17,19-22,25,27-29H,1-2,4-7,9,11H2/t13?,14?,17-,19-,20+,21-,22+/m1/s1. The molecule has 5 atom stereocenters. The lowest BCUT2D eigenvalue weighted by Crippen LogP contribution is -2.55. The van der Waals surface area contributed by atoms with Crippen LogP contribution >= 0.6 is 11.6 Å². The van der Waals surface area contributed by atoms with Crippen LogP contribution in [0.15, 0.2) is 18.2 Å². The summed E-state index contributed by atoms with van der Waals surface area (Å²) in [6.07, 6.45) is -1.16. The number of carbonyl (C=O) groups is 1. The van der Waals surface area contributed by atoms with Crippen LogP contribution in [0.2, 0.25) is 5.02 Å². The molecule has 1 aromatic carbocycles. The van der Waals surface area contributed by atoms with E-state index in [0.29, 0.717) is 22.8 Å². The van der Waals surface area contributed by atoms with E-state index < -0.39 is 37.1 Å². The second-order valence-electron chi connectivity index (χ2n) is 8.68. The third-order valence-corrected chi connectivity index (χ3v) is 6.98. The second-order valence-corrected chi connectivity index (χ2v) is 9.09. The van der Waals surface area contributed by atoms with E-state index in [1.54, 1.807) is 18.2 Å². The van der Waals surface area contributed by atoms with Gasteiger partial charge in [-0.1, -0.05) is 17.7 Å². The van der Waals surface area contributed by atoms with Gasteiger partial charge in [-0.2, -0.15) is 0 Å². The normalized spacial score (nSPS) is 36.6. The van der Waals surface area contributed by atoms with E-state index >= 15 is 0 Å². The van der Waals surface area contributed by atoms with Crippen molar-refractivity contribution in [2.45, 2.75) is 81.2 Å². The fourth-order valence-corrected chi connectivity index (χ4v) is 5.04. The maximum Gasteiger partial charge on any atom is 0.222 e. The van der Waals surface area contributed by atoms with E-state index in [0.717, 1.165) is 38.6 Å². The number of ether oxygens (including phenoxy) is 2. The molecule has 4 N–H and O–H groups in total. The molecule has 1 aliphatic carbocycles. The molecule has 0 aromatic heterocycles. The summed E-state index contributed by atoms with van der Waals surface area (Å²) in [6, 6.07) is 5.26. The molecular weight excluding hydrogens is 426 g/mol. The molecule has 0 unspecified atom stereocenters. The molecule has 0 radical (unpaired) electrons. The summed E-state index contributed by atoms with van der Waals surface area (Å²) in [4.78, 5) is 14.0. The van der Waals surface area contributed by atoms with Gasteiger partial charge in [-0.25, -0.2) is 0 Å². The van der Waals surface area contributed by atoms with Crippen LogP contribution in [0.3, 0.4) is 0 Å². The van der Waals surface area contributed by atoms with Gasteiger partial charge in [0.05, 0.1) is 17.7 Å². The van der Waals surface area contributed by atoms with Gasteiger partial charge in [-0.3, -0.25) is 4.79 Å². The average Bonchev–Trinajstić information content (AvgIpc) is 3.20. The number of likely N-dealkylation sites (tertiary alicyclic amines) is 1. The zero-order valence-electron chi connectivity index (χ0n) is 17.3. The first-order chi connectivity index (χ1) is 14.9. The molecule has 4 rings (SSSR count). The Morgan fingerprint density at radius 1 is 1.10 bits per heavy atom. The lowest BCUT2D eigenvalue weighted by molar-refractivity contribution is -0.231.